The molecule has 2 rings (SSSR count). The molecule has 6 nitrogen and oxygen atoms in total. The van der Waals surface area contributed by atoms with Crippen LogP contribution in [-0.2, 0) is 22.6 Å². The largest absolute Gasteiger partial charge is 0.469 e. The van der Waals surface area contributed by atoms with E-state index in [0.717, 1.165) is 6.54 Å². The van der Waals surface area contributed by atoms with Gasteiger partial charge in [-0.3, -0.25) is 14.7 Å². The Morgan fingerprint density at radius 2 is 1.84 bits per heavy atom. The minimum atomic E-state index is -0.225. The molecular weight excluding hydrogens is 316 g/mol. The molecule has 1 fully saturated rings. The van der Waals surface area contributed by atoms with Crippen LogP contribution >= 0.6 is 0 Å². The second-order valence-corrected chi connectivity index (χ2v) is 6.53. The first kappa shape index (κ1) is 19.2. The van der Waals surface area contributed by atoms with Crippen molar-refractivity contribution in [2.45, 2.75) is 32.9 Å². The van der Waals surface area contributed by atoms with Gasteiger partial charge < -0.3 is 15.4 Å². The lowest BCUT2D eigenvalue weighted by molar-refractivity contribution is -0.144. The number of benzene rings is 1. The zero-order valence-electron chi connectivity index (χ0n) is 15.5. The van der Waals surface area contributed by atoms with E-state index in [9.17, 15) is 4.79 Å². The van der Waals surface area contributed by atoms with Gasteiger partial charge in [-0.05, 0) is 37.1 Å². The molecule has 0 aliphatic carbocycles. The molecule has 1 atom stereocenters. The van der Waals surface area contributed by atoms with Gasteiger partial charge in [0, 0.05) is 26.7 Å². The van der Waals surface area contributed by atoms with Crippen LogP contribution in [0.5, 0.6) is 0 Å². The summed E-state index contributed by atoms with van der Waals surface area (Å²) in [6.45, 7) is 6.48. The molecule has 1 aromatic rings. The fraction of sp³-hybridized carbons (Fsp3) is 0.579. The lowest BCUT2D eigenvalue weighted by Crippen LogP contribution is -2.40. The van der Waals surface area contributed by atoms with Crippen LogP contribution in [0.15, 0.2) is 29.3 Å². The number of carbonyl (C=O) groups is 1. The number of likely N-dealkylation sites (tertiary alicyclic amines) is 1. The highest BCUT2D eigenvalue weighted by Gasteiger charge is 2.13. The zero-order valence-corrected chi connectivity index (χ0v) is 15.5. The predicted molar refractivity (Wildman–Crippen MR) is 100 cm³/mol. The second kappa shape index (κ2) is 10.0. The Bertz CT molecular complexity index is 565. The van der Waals surface area contributed by atoms with Crippen molar-refractivity contribution in [1.29, 1.82) is 0 Å². The van der Waals surface area contributed by atoms with Gasteiger partial charge >= 0.3 is 5.97 Å². The molecule has 1 saturated heterocycles. The van der Waals surface area contributed by atoms with E-state index >= 15 is 0 Å². The fourth-order valence-corrected chi connectivity index (χ4v) is 2.90. The average molecular weight is 346 g/mol. The molecule has 0 bridgehead atoms. The molecule has 1 unspecified atom stereocenters. The summed E-state index contributed by atoms with van der Waals surface area (Å²) in [5, 5.41) is 6.41. The van der Waals surface area contributed by atoms with Gasteiger partial charge in [-0.25, -0.2) is 0 Å². The highest BCUT2D eigenvalue weighted by molar-refractivity contribution is 5.80. The summed E-state index contributed by atoms with van der Waals surface area (Å²) in [5.74, 6) is 0.238. The molecule has 1 aliphatic heterocycles. The number of rotatable bonds is 7. The topological polar surface area (TPSA) is 66.0 Å². The second-order valence-electron chi connectivity index (χ2n) is 6.53. The number of methoxy groups -OCH3 is 1. The Morgan fingerprint density at radius 3 is 2.44 bits per heavy atom. The third kappa shape index (κ3) is 6.38. The monoisotopic (exact) mass is 346 g/mol. The van der Waals surface area contributed by atoms with Crippen LogP contribution in [0.3, 0.4) is 0 Å². The lowest BCUT2D eigenvalue weighted by atomic mass is 10.1. The molecular formula is C19H30N4O2. The number of esters is 1. The van der Waals surface area contributed by atoms with Gasteiger partial charge in [-0.1, -0.05) is 31.2 Å². The standard InChI is InChI=1S/C19H30N4O2/c1-15(18(24)25-3)12-21-19(20-2)22-13-16-6-8-17(9-7-16)14-23-10-4-5-11-23/h6-9,15H,4-5,10-14H2,1-3H3,(H2,20,21,22). The summed E-state index contributed by atoms with van der Waals surface area (Å²) in [5.41, 5.74) is 2.56. The molecule has 25 heavy (non-hydrogen) atoms. The number of hydrogen-bond donors (Lipinski definition) is 2. The maximum atomic E-state index is 11.4. The Morgan fingerprint density at radius 1 is 1.20 bits per heavy atom. The normalized spacial score (nSPS) is 16.5. The van der Waals surface area contributed by atoms with Crippen molar-refractivity contribution in [3.05, 3.63) is 35.4 Å². The number of aliphatic imine (C=N–C) groups is 1. The molecule has 1 aliphatic rings. The van der Waals surface area contributed by atoms with Crippen molar-refractivity contribution in [3.8, 4) is 0 Å². The smallest absolute Gasteiger partial charge is 0.310 e. The first-order valence-corrected chi connectivity index (χ1v) is 8.95. The molecule has 0 aromatic heterocycles. The maximum absolute atomic E-state index is 11.4. The van der Waals surface area contributed by atoms with Crippen LogP contribution in [-0.4, -0.2) is 50.6 Å². The van der Waals surface area contributed by atoms with Crippen molar-refractivity contribution < 1.29 is 9.53 Å². The minimum Gasteiger partial charge on any atom is -0.469 e. The van der Waals surface area contributed by atoms with Crippen molar-refractivity contribution in [2.75, 3.05) is 33.8 Å². The third-order valence-corrected chi connectivity index (χ3v) is 4.49. The number of carbonyl (C=O) groups excluding carboxylic acids is 1. The molecule has 1 heterocycles. The van der Waals surface area contributed by atoms with Crippen molar-refractivity contribution >= 4 is 11.9 Å². The van der Waals surface area contributed by atoms with E-state index in [1.165, 1.54) is 44.2 Å². The lowest BCUT2D eigenvalue weighted by Gasteiger charge is -2.16. The van der Waals surface area contributed by atoms with Gasteiger partial charge in [0.2, 0.25) is 0 Å². The Hall–Kier alpha value is -2.08. The molecule has 0 radical (unpaired) electrons. The summed E-state index contributed by atoms with van der Waals surface area (Å²) in [6.07, 6.45) is 2.64. The SMILES string of the molecule is CN=C(NCc1ccc(CN2CCCC2)cc1)NCC(C)C(=O)OC. The van der Waals surface area contributed by atoms with E-state index in [1.807, 2.05) is 6.92 Å². The van der Waals surface area contributed by atoms with Gasteiger partial charge in [0.1, 0.15) is 0 Å². The van der Waals surface area contributed by atoms with Crippen LogP contribution in [0.2, 0.25) is 0 Å². The predicted octanol–water partition coefficient (Wildman–Crippen LogP) is 1.76. The van der Waals surface area contributed by atoms with E-state index in [0.29, 0.717) is 19.0 Å². The van der Waals surface area contributed by atoms with Gasteiger partial charge in [0.05, 0.1) is 13.0 Å². The Balaban J connectivity index is 1.75. The number of guanidine groups is 1. The molecule has 138 valence electrons. The van der Waals surface area contributed by atoms with Crippen LogP contribution in [0.25, 0.3) is 0 Å². The van der Waals surface area contributed by atoms with Crippen LogP contribution in [0.4, 0.5) is 0 Å². The number of nitrogens with one attached hydrogen (secondary N) is 2. The van der Waals surface area contributed by atoms with Crippen LogP contribution in [0.1, 0.15) is 30.9 Å². The summed E-state index contributed by atoms with van der Waals surface area (Å²) < 4.78 is 4.72. The van der Waals surface area contributed by atoms with Crippen LogP contribution < -0.4 is 10.6 Å². The maximum Gasteiger partial charge on any atom is 0.310 e. The first-order chi connectivity index (χ1) is 12.1. The van der Waals surface area contributed by atoms with Crippen molar-refractivity contribution in [1.82, 2.24) is 15.5 Å². The molecule has 2 N–H and O–H groups in total. The van der Waals surface area contributed by atoms with Crippen LogP contribution in [0, 0.1) is 5.92 Å². The van der Waals surface area contributed by atoms with E-state index in [2.05, 4.69) is 44.8 Å². The zero-order chi connectivity index (χ0) is 18.1. The van der Waals surface area contributed by atoms with E-state index in [4.69, 9.17) is 4.74 Å². The van der Waals surface area contributed by atoms with Gasteiger partial charge in [-0.15, -0.1) is 0 Å². The highest BCUT2D eigenvalue weighted by atomic mass is 16.5. The van der Waals surface area contributed by atoms with E-state index < -0.39 is 0 Å². The van der Waals surface area contributed by atoms with Gasteiger partial charge in [0.25, 0.3) is 0 Å². The molecule has 1 aromatic carbocycles. The van der Waals surface area contributed by atoms with E-state index in [-0.39, 0.29) is 11.9 Å². The number of hydrogen-bond acceptors (Lipinski definition) is 4. The van der Waals surface area contributed by atoms with E-state index in [1.54, 1.807) is 7.05 Å². The Labute approximate surface area is 150 Å². The summed E-state index contributed by atoms with van der Waals surface area (Å²) in [6, 6.07) is 8.71. The summed E-state index contributed by atoms with van der Waals surface area (Å²) >= 11 is 0. The summed E-state index contributed by atoms with van der Waals surface area (Å²) in [7, 11) is 3.12. The summed E-state index contributed by atoms with van der Waals surface area (Å²) in [4.78, 5) is 18.1. The third-order valence-electron chi connectivity index (χ3n) is 4.49. The quantitative estimate of drug-likeness (QED) is 0.447. The average Bonchev–Trinajstić information content (AvgIpc) is 3.15. The van der Waals surface area contributed by atoms with Gasteiger partial charge in [0.15, 0.2) is 5.96 Å². The molecule has 0 amide bonds. The first-order valence-electron chi connectivity index (χ1n) is 8.95. The minimum absolute atomic E-state index is 0.214. The molecule has 0 spiro atoms. The highest BCUT2D eigenvalue weighted by Crippen LogP contribution is 2.13. The Kier molecular flexibility index (Phi) is 7.73. The number of nitrogens with zero attached hydrogens (tertiary/aromatic N) is 2. The fourth-order valence-electron chi connectivity index (χ4n) is 2.90. The molecule has 0 saturated carbocycles. The van der Waals surface area contributed by atoms with Crippen molar-refractivity contribution in [2.24, 2.45) is 10.9 Å². The molecule has 6 heteroatoms. The van der Waals surface area contributed by atoms with Gasteiger partial charge in [-0.2, -0.15) is 0 Å². The van der Waals surface area contributed by atoms with Crippen molar-refractivity contribution in [3.63, 3.8) is 0 Å². The number of ether oxygens (including phenoxy) is 1.